The van der Waals surface area contributed by atoms with E-state index in [0.717, 1.165) is 0 Å². The topological polar surface area (TPSA) is 98.3 Å². The first kappa shape index (κ1) is 13.0. The molecule has 0 bridgehead atoms. The van der Waals surface area contributed by atoms with E-state index in [9.17, 15) is 14.9 Å². The lowest BCUT2D eigenvalue weighted by Crippen LogP contribution is -2.28. The number of amides is 1. The number of nitrogen functional groups attached to an aromatic ring is 1. The highest BCUT2D eigenvalue weighted by Gasteiger charge is 2.18. The quantitative estimate of drug-likeness (QED) is 0.471. The third-order valence-corrected chi connectivity index (χ3v) is 2.20. The van der Waals surface area contributed by atoms with Gasteiger partial charge in [-0.2, -0.15) is 0 Å². The van der Waals surface area contributed by atoms with E-state index >= 15 is 0 Å². The summed E-state index contributed by atoms with van der Waals surface area (Å²) >= 11 is 0. The number of rotatable bonds is 4. The van der Waals surface area contributed by atoms with Gasteiger partial charge in [0.15, 0.2) is 0 Å². The van der Waals surface area contributed by atoms with E-state index in [0.29, 0.717) is 12.5 Å². The standard InChI is InChI=1S/C11H15N3O3/c1-7(2)6-13-11(15)8-4-3-5-9(10(8)12)14(16)17/h3-5,7H,6,12H2,1-2H3,(H,13,15). The van der Waals surface area contributed by atoms with Crippen molar-refractivity contribution in [3.8, 4) is 0 Å². The molecule has 0 aromatic heterocycles. The maximum Gasteiger partial charge on any atom is 0.292 e. The minimum Gasteiger partial charge on any atom is -0.393 e. The molecule has 0 saturated heterocycles. The molecule has 17 heavy (non-hydrogen) atoms. The van der Waals surface area contributed by atoms with Gasteiger partial charge in [0.25, 0.3) is 11.6 Å². The molecule has 0 aliphatic rings. The molecule has 0 atom stereocenters. The summed E-state index contributed by atoms with van der Waals surface area (Å²) < 4.78 is 0. The highest BCUT2D eigenvalue weighted by atomic mass is 16.6. The van der Waals surface area contributed by atoms with Crippen LogP contribution >= 0.6 is 0 Å². The molecule has 92 valence electrons. The minimum atomic E-state index is -0.603. The Morgan fingerprint density at radius 1 is 1.53 bits per heavy atom. The molecule has 0 aliphatic carbocycles. The third-order valence-electron chi connectivity index (χ3n) is 2.20. The number of carbonyl (C=O) groups excluding carboxylic acids is 1. The summed E-state index contributed by atoms with van der Waals surface area (Å²) in [6.07, 6.45) is 0. The summed E-state index contributed by atoms with van der Waals surface area (Å²) in [5.74, 6) is -0.0845. The van der Waals surface area contributed by atoms with Gasteiger partial charge >= 0.3 is 0 Å². The Balaban J connectivity index is 2.95. The van der Waals surface area contributed by atoms with Crippen LogP contribution in [0.2, 0.25) is 0 Å². The minimum absolute atomic E-state index is 0.0984. The summed E-state index contributed by atoms with van der Waals surface area (Å²) in [4.78, 5) is 21.8. The van der Waals surface area contributed by atoms with Crippen molar-refractivity contribution in [2.45, 2.75) is 13.8 Å². The van der Waals surface area contributed by atoms with Crippen molar-refractivity contribution in [3.63, 3.8) is 0 Å². The number of nitrogens with one attached hydrogen (secondary N) is 1. The number of benzene rings is 1. The van der Waals surface area contributed by atoms with Crippen LogP contribution < -0.4 is 11.1 Å². The molecule has 3 N–H and O–H groups in total. The second-order valence-electron chi connectivity index (χ2n) is 4.10. The Morgan fingerprint density at radius 2 is 2.18 bits per heavy atom. The molecule has 0 unspecified atom stereocenters. The molecule has 1 aromatic rings. The summed E-state index contributed by atoms with van der Waals surface area (Å²) in [5.41, 5.74) is 5.38. The van der Waals surface area contributed by atoms with E-state index in [2.05, 4.69) is 5.32 Å². The predicted molar refractivity (Wildman–Crippen MR) is 64.7 cm³/mol. The van der Waals surface area contributed by atoms with E-state index in [4.69, 9.17) is 5.73 Å². The summed E-state index contributed by atoms with van der Waals surface area (Å²) in [5, 5.41) is 13.3. The number of anilines is 1. The van der Waals surface area contributed by atoms with Gasteiger partial charge in [-0.3, -0.25) is 14.9 Å². The van der Waals surface area contributed by atoms with Crippen molar-refractivity contribution < 1.29 is 9.72 Å². The number of hydrogen-bond acceptors (Lipinski definition) is 4. The largest absolute Gasteiger partial charge is 0.393 e. The maximum absolute atomic E-state index is 11.7. The number of nitro benzene ring substituents is 1. The number of nitrogens with two attached hydrogens (primary N) is 1. The Hall–Kier alpha value is -2.11. The van der Waals surface area contributed by atoms with Crippen LogP contribution in [0.5, 0.6) is 0 Å². The molecule has 0 fully saturated rings. The number of carbonyl (C=O) groups is 1. The number of hydrogen-bond donors (Lipinski definition) is 2. The molecule has 0 radical (unpaired) electrons. The highest BCUT2D eigenvalue weighted by Crippen LogP contribution is 2.24. The fourth-order valence-corrected chi connectivity index (χ4v) is 1.30. The van der Waals surface area contributed by atoms with E-state index in [1.807, 2.05) is 13.8 Å². The highest BCUT2D eigenvalue weighted by molar-refractivity contribution is 6.00. The third kappa shape index (κ3) is 3.17. The van der Waals surface area contributed by atoms with Crippen LogP contribution in [0.15, 0.2) is 18.2 Å². The van der Waals surface area contributed by atoms with Gasteiger partial charge in [-0.1, -0.05) is 19.9 Å². The molecule has 0 heterocycles. The fraction of sp³-hybridized carbons (Fsp3) is 0.364. The zero-order valence-corrected chi connectivity index (χ0v) is 9.77. The van der Waals surface area contributed by atoms with Gasteiger partial charge < -0.3 is 11.1 Å². The Morgan fingerprint density at radius 3 is 2.71 bits per heavy atom. The zero-order chi connectivity index (χ0) is 13.0. The van der Waals surface area contributed by atoms with Gasteiger partial charge in [0.1, 0.15) is 5.69 Å². The molecular formula is C11H15N3O3. The number of para-hydroxylation sites is 1. The maximum atomic E-state index is 11.7. The van der Waals surface area contributed by atoms with E-state index < -0.39 is 4.92 Å². The lowest BCUT2D eigenvalue weighted by molar-refractivity contribution is -0.383. The Kier molecular flexibility index (Phi) is 4.03. The second-order valence-corrected chi connectivity index (χ2v) is 4.10. The fourth-order valence-electron chi connectivity index (χ4n) is 1.30. The molecule has 1 rings (SSSR count). The lowest BCUT2D eigenvalue weighted by atomic mass is 10.1. The lowest BCUT2D eigenvalue weighted by Gasteiger charge is -2.09. The van der Waals surface area contributed by atoms with Gasteiger partial charge in [0.2, 0.25) is 0 Å². The van der Waals surface area contributed by atoms with E-state index in [-0.39, 0.29) is 22.8 Å². The second kappa shape index (κ2) is 5.29. The Bertz CT molecular complexity index is 444. The van der Waals surface area contributed by atoms with Gasteiger partial charge in [0.05, 0.1) is 10.5 Å². The van der Waals surface area contributed by atoms with Crippen molar-refractivity contribution in [2.75, 3.05) is 12.3 Å². The van der Waals surface area contributed by atoms with Crippen LogP contribution in [-0.2, 0) is 0 Å². The summed E-state index contributed by atoms with van der Waals surface area (Å²) in [7, 11) is 0. The average Bonchev–Trinajstić information content (AvgIpc) is 2.25. The van der Waals surface area contributed by atoms with Crippen molar-refractivity contribution in [3.05, 3.63) is 33.9 Å². The van der Waals surface area contributed by atoms with Crippen molar-refractivity contribution in [1.82, 2.24) is 5.32 Å². The van der Waals surface area contributed by atoms with Crippen molar-refractivity contribution >= 4 is 17.3 Å². The summed E-state index contributed by atoms with van der Waals surface area (Å²) in [6.45, 7) is 4.41. The molecule has 0 saturated carbocycles. The molecule has 0 spiro atoms. The van der Waals surface area contributed by atoms with E-state index in [1.54, 1.807) is 0 Å². The van der Waals surface area contributed by atoms with Crippen molar-refractivity contribution in [2.24, 2.45) is 5.92 Å². The van der Waals surface area contributed by atoms with Gasteiger partial charge in [0, 0.05) is 12.6 Å². The normalized spacial score (nSPS) is 10.3. The van der Waals surface area contributed by atoms with Crippen molar-refractivity contribution in [1.29, 1.82) is 0 Å². The number of nitrogens with zero attached hydrogens (tertiary/aromatic N) is 1. The first-order valence-corrected chi connectivity index (χ1v) is 5.24. The molecule has 6 nitrogen and oxygen atoms in total. The number of nitro groups is 1. The molecule has 1 amide bonds. The summed E-state index contributed by atoms with van der Waals surface area (Å²) in [6, 6.07) is 4.19. The zero-order valence-electron chi connectivity index (χ0n) is 9.77. The predicted octanol–water partition coefficient (Wildman–Crippen LogP) is 1.56. The van der Waals surface area contributed by atoms with Crippen LogP contribution in [0.3, 0.4) is 0 Å². The smallest absolute Gasteiger partial charge is 0.292 e. The van der Waals surface area contributed by atoms with Crippen LogP contribution in [0.25, 0.3) is 0 Å². The average molecular weight is 237 g/mol. The molecule has 1 aromatic carbocycles. The van der Waals surface area contributed by atoms with Crippen LogP contribution in [0, 0.1) is 16.0 Å². The van der Waals surface area contributed by atoms with Crippen LogP contribution in [-0.4, -0.2) is 17.4 Å². The van der Waals surface area contributed by atoms with Crippen LogP contribution in [0.4, 0.5) is 11.4 Å². The molecule has 6 heteroatoms. The Labute approximate surface area is 99.0 Å². The van der Waals surface area contributed by atoms with Gasteiger partial charge in [-0.15, -0.1) is 0 Å². The van der Waals surface area contributed by atoms with E-state index in [1.165, 1.54) is 18.2 Å². The molecule has 0 aliphatic heterocycles. The first-order chi connectivity index (χ1) is 7.93. The van der Waals surface area contributed by atoms with Crippen LogP contribution in [0.1, 0.15) is 24.2 Å². The van der Waals surface area contributed by atoms with Gasteiger partial charge in [-0.05, 0) is 12.0 Å². The molecular weight excluding hydrogens is 222 g/mol. The first-order valence-electron chi connectivity index (χ1n) is 5.24. The SMILES string of the molecule is CC(C)CNC(=O)c1cccc([N+](=O)[O-])c1N. The van der Waals surface area contributed by atoms with Gasteiger partial charge in [-0.25, -0.2) is 0 Å². The monoisotopic (exact) mass is 237 g/mol.